The molecule has 2 aromatic rings. The predicted octanol–water partition coefficient (Wildman–Crippen LogP) is 6.21. The topological polar surface area (TPSA) is 12.0 Å². The maximum atomic E-state index is 6.37. The van der Waals surface area contributed by atoms with Crippen molar-refractivity contribution in [2.75, 3.05) is 6.54 Å². The number of halogens is 3. The lowest BCUT2D eigenvalue weighted by atomic mass is 10.0. The van der Waals surface area contributed by atoms with E-state index < -0.39 is 0 Å². The van der Waals surface area contributed by atoms with Crippen LogP contribution in [0.4, 0.5) is 0 Å². The number of hydrogen-bond acceptors (Lipinski definition) is 2. The molecule has 1 unspecified atom stereocenters. The fraction of sp³-hybridized carbons (Fsp3) is 0.333. The molecule has 20 heavy (non-hydrogen) atoms. The molecule has 0 aliphatic rings. The van der Waals surface area contributed by atoms with E-state index in [4.69, 9.17) is 11.6 Å². The van der Waals surface area contributed by atoms with Gasteiger partial charge in [-0.15, -0.1) is 11.3 Å². The first kappa shape index (κ1) is 16.5. The molecule has 0 saturated carbocycles. The van der Waals surface area contributed by atoms with Gasteiger partial charge in [0.2, 0.25) is 0 Å². The van der Waals surface area contributed by atoms with Crippen LogP contribution in [0.1, 0.15) is 29.8 Å². The van der Waals surface area contributed by atoms with E-state index in [0.29, 0.717) is 0 Å². The zero-order chi connectivity index (χ0) is 14.5. The molecule has 0 spiro atoms. The van der Waals surface area contributed by atoms with Crippen LogP contribution in [-0.2, 0) is 6.42 Å². The van der Waals surface area contributed by atoms with Crippen molar-refractivity contribution in [3.8, 4) is 0 Å². The first-order valence-electron chi connectivity index (χ1n) is 6.51. The van der Waals surface area contributed by atoms with Gasteiger partial charge in [-0.3, -0.25) is 0 Å². The molecule has 0 fully saturated rings. The normalized spacial score (nSPS) is 12.6. The summed E-state index contributed by atoms with van der Waals surface area (Å²) in [6.07, 6.45) is 2.06. The highest BCUT2D eigenvalue weighted by Crippen LogP contribution is 2.31. The number of thiophene rings is 1. The Labute approximate surface area is 146 Å². The minimum atomic E-state index is 0.241. The van der Waals surface area contributed by atoms with Crippen molar-refractivity contribution in [1.29, 1.82) is 0 Å². The highest BCUT2D eigenvalue weighted by molar-refractivity contribution is 9.10. The second-order valence-electron chi connectivity index (χ2n) is 4.61. The monoisotopic (exact) mass is 435 g/mol. The molecule has 0 aliphatic heterocycles. The summed E-state index contributed by atoms with van der Waals surface area (Å²) < 4.78 is 2.21. The third-order valence-electron chi connectivity index (χ3n) is 3.00. The summed E-state index contributed by atoms with van der Waals surface area (Å²) in [6, 6.07) is 8.46. The van der Waals surface area contributed by atoms with Crippen molar-refractivity contribution in [2.45, 2.75) is 25.8 Å². The Kier molecular flexibility index (Phi) is 6.56. The van der Waals surface area contributed by atoms with Crippen LogP contribution in [0, 0.1) is 0 Å². The maximum absolute atomic E-state index is 6.37. The smallest absolute Gasteiger partial charge is 0.0454 e. The molecule has 0 amide bonds. The molecular formula is C15H16Br2ClNS. The molecular weight excluding hydrogens is 422 g/mol. The Bertz CT molecular complexity index is 571. The van der Waals surface area contributed by atoms with E-state index in [0.717, 1.165) is 38.9 Å². The van der Waals surface area contributed by atoms with Crippen molar-refractivity contribution < 1.29 is 0 Å². The fourth-order valence-electron chi connectivity index (χ4n) is 2.05. The molecule has 1 atom stereocenters. The molecule has 108 valence electrons. The van der Waals surface area contributed by atoms with Crippen LogP contribution in [0.2, 0.25) is 5.02 Å². The van der Waals surface area contributed by atoms with E-state index in [1.807, 2.05) is 12.1 Å². The molecule has 1 aromatic carbocycles. The lowest BCUT2D eigenvalue weighted by Gasteiger charge is -2.20. The molecule has 2 rings (SSSR count). The summed E-state index contributed by atoms with van der Waals surface area (Å²) in [4.78, 5) is 1.35. The molecule has 0 saturated heterocycles. The third-order valence-corrected chi connectivity index (χ3v) is 5.56. The van der Waals surface area contributed by atoms with Gasteiger partial charge in [0.1, 0.15) is 0 Å². The van der Waals surface area contributed by atoms with Crippen LogP contribution in [0.15, 0.2) is 38.6 Å². The molecule has 0 radical (unpaired) electrons. The molecule has 0 bridgehead atoms. The van der Waals surface area contributed by atoms with Crippen molar-refractivity contribution in [1.82, 2.24) is 5.32 Å². The number of benzene rings is 1. The van der Waals surface area contributed by atoms with Gasteiger partial charge in [-0.25, -0.2) is 0 Å². The summed E-state index contributed by atoms with van der Waals surface area (Å²) >= 11 is 15.2. The minimum absolute atomic E-state index is 0.241. The van der Waals surface area contributed by atoms with Crippen LogP contribution < -0.4 is 5.32 Å². The van der Waals surface area contributed by atoms with Crippen molar-refractivity contribution >= 4 is 54.8 Å². The van der Waals surface area contributed by atoms with Gasteiger partial charge in [-0.2, -0.15) is 0 Å². The van der Waals surface area contributed by atoms with E-state index in [2.05, 4.69) is 61.6 Å². The summed E-state index contributed by atoms with van der Waals surface area (Å²) in [7, 11) is 0. The lowest BCUT2D eigenvalue weighted by molar-refractivity contribution is 0.532. The number of hydrogen-bond donors (Lipinski definition) is 1. The van der Waals surface area contributed by atoms with Crippen LogP contribution in [0.5, 0.6) is 0 Å². The summed E-state index contributed by atoms with van der Waals surface area (Å²) in [5, 5.41) is 6.53. The molecule has 0 aliphatic carbocycles. The van der Waals surface area contributed by atoms with Crippen molar-refractivity contribution in [2.24, 2.45) is 0 Å². The van der Waals surface area contributed by atoms with Gasteiger partial charge in [0.05, 0.1) is 0 Å². The Morgan fingerprint density at radius 3 is 2.70 bits per heavy atom. The van der Waals surface area contributed by atoms with Crippen molar-refractivity contribution in [3.05, 3.63) is 54.1 Å². The van der Waals surface area contributed by atoms with E-state index in [1.165, 1.54) is 4.88 Å². The summed E-state index contributed by atoms with van der Waals surface area (Å²) in [5.74, 6) is 0. The molecule has 1 nitrogen and oxygen atoms in total. The SMILES string of the molecule is CCCNC(Cc1cc(Br)cs1)c1cc(Br)ccc1Cl. The maximum Gasteiger partial charge on any atom is 0.0454 e. The predicted molar refractivity (Wildman–Crippen MR) is 95.9 cm³/mol. The highest BCUT2D eigenvalue weighted by Gasteiger charge is 2.16. The largest absolute Gasteiger partial charge is 0.310 e. The van der Waals surface area contributed by atoms with E-state index in [9.17, 15) is 0 Å². The Morgan fingerprint density at radius 1 is 1.25 bits per heavy atom. The van der Waals surface area contributed by atoms with Crippen LogP contribution >= 0.6 is 54.8 Å². The van der Waals surface area contributed by atoms with Crippen LogP contribution in [-0.4, -0.2) is 6.54 Å². The Balaban J connectivity index is 2.24. The van der Waals surface area contributed by atoms with Crippen LogP contribution in [0.3, 0.4) is 0 Å². The van der Waals surface area contributed by atoms with Crippen LogP contribution in [0.25, 0.3) is 0 Å². The zero-order valence-corrected chi connectivity index (χ0v) is 15.9. The first-order chi connectivity index (χ1) is 9.60. The summed E-state index contributed by atoms with van der Waals surface area (Å²) in [6.45, 7) is 3.16. The zero-order valence-electron chi connectivity index (χ0n) is 11.1. The Morgan fingerprint density at radius 2 is 2.05 bits per heavy atom. The molecule has 1 heterocycles. The number of rotatable bonds is 6. The number of nitrogens with one attached hydrogen (secondary N) is 1. The third kappa shape index (κ3) is 4.57. The average molecular weight is 438 g/mol. The lowest BCUT2D eigenvalue weighted by Crippen LogP contribution is -2.24. The van der Waals surface area contributed by atoms with E-state index in [-0.39, 0.29) is 6.04 Å². The minimum Gasteiger partial charge on any atom is -0.310 e. The average Bonchev–Trinajstić information content (AvgIpc) is 2.83. The molecule has 1 N–H and O–H groups in total. The van der Waals surface area contributed by atoms with Gasteiger partial charge in [0.25, 0.3) is 0 Å². The molecule has 5 heteroatoms. The second kappa shape index (κ2) is 7.95. The van der Waals surface area contributed by atoms with Gasteiger partial charge < -0.3 is 5.32 Å². The van der Waals surface area contributed by atoms with Crippen molar-refractivity contribution in [3.63, 3.8) is 0 Å². The van der Waals surface area contributed by atoms with Gasteiger partial charge in [-0.05, 0) is 58.7 Å². The van der Waals surface area contributed by atoms with E-state index in [1.54, 1.807) is 11.3 Å². The highest BCUT2D eigenvalue weighted by atomic mass is 79.9. The second-order valence-corrected chi connectivity index (χ2v) is 7.84. The van der Waals surface area contributed by atoms with Gasteiger partial charge >= 0.3 is 0 Å². The van der Waals surface area contributed by atoms with Gasteiger partial charge in [0, 0.05) is 36.7 Å². The fourth-order valence-corrected chi connectivity index (χ4v) is 4.18. The summed E-state index contributed by atoms with van der Waals surface area (Å²) in [5.41, 5.74) is 1.15. The Hall–Kier alpha value is 0.130. The van der Waals surface area contributed by atoms with Gasteiger partial charge in [0.15, 0.2) is 0 Å². The molecule has 1 aromatic heterocycles. The van der Waals surface area contributed by atoms with Gasteiger partial charge in [-0.1, -0.05) is 34.5 Å². The quantitative estimate of drug-likeness (QED) is 0.566. The first-order valence-corrected chi connectivity index (χ1v) is 9.35. The standard InChI is InChI=1S/C15H16Br2ClNS/c1-2-5-19-15(8-12-6-11(17)9-20-12)13-7-10(16)3-4-14(13)18/h3-4,6-7,9,15,19H,2,5,8H2,1H3. The van der Waals surface area contributed by atoms with E-state index >= 15 is 0 Å².